The lowest BCUT2D eigenvalue weighted by molar-refractivity contribution is 0.267. The molecule has 116 valence electrons. The summed E-state index contributed by atoms with van der Waals surface area (Å²) in [6, 6.07) is 11.1. The molecule has 2 aromatic rings. The minimum Gasteiger partial charge on any atom is -0.490 e. The summed E-state index contributed by atoms with van der Waals surface area (Å²) in [5.74, 6) is 1.30. The Kier molecular flexibility index (Phi) is 6.33. The standard InChI is InChI=1S/C16H15ClINO3/c1-2-21-15-8-12(9-19-20)7-14(18)16(15)22-10-11-3-5-13(17)6-4-11/h3-9,20H,2,10H2,1H3/b19-9-. The molecule has 0 bridgehead atoms. The van der Waals surface area contributed by atoms with Gasteiger partial charge >= 0.3 is 0 Å². The summed E-state index contributed by atoms with van der Waals surface area (Å²) in [5, 5.41) is 12.4. The number of halogens is 2. The second-order valence-electron chi connectivity index (χ2n) is 4.42. The van der Waals surface area contributed by atoms with Crippen LogP contribution in [-0.4, -0.2) is 18.0 Å². The monoisotopic (exact) mass is 431 g/mol. The molecule has 0 aromatic heterocycles. The van der Waals surface area contributed by atoms with Crippen LogP contribution in [0.3, 0.4) is 0 Å². The largest absolute Gasteiger partial charge is 0.490 e. The smallest absolute Gasteiger partial charge is 0.175 e. The average Bonchev–Trinajstić information content (AvgIpc) is 2.49. The highest BCUT2D eigenvalue weighted by atomic mass is 127. The van der Waals surface area contributed by atoms with Gasteiger partial charge in [-0.3, -0.25) is 0 Å². The van der Waals surface area contributed by atoms with Gasteiger partial charge in [0.2, 0.25) is 0 Å². The van der Waals surface area contributed by atoms with E-state index in [-0.39, 0.29) is 0 Å². The molecule has 2 aromatic carbocycles. The number of nitrogens with zero attached hydrogens (tertiary/aromatic N) is 1. The Morgan fingerprint density at radius 3 is 2.59 bits per heavy atom. The van der Waals surface area contributed by atoms with Crippen molar-refractivity contribution in [3.63, 3.8) is 0 Å². The van der Waals surface area contributed by atoms with Crippen LogP contribution in [0.4, 0.5) is 0 Å². The zero-order valence-electron chi connectivity index (χ0n) is 11.9. The van der Waals surface area contributed by atoms with Gasteiger partial charge in [0.1, 0.15) is 6.61 Å². The highest BCUT2D eigenvalue weighted by molar-refractivity contribution is 14.1. The number of hydrogen-bond donors (Lipinski definition) is 1. The molecular formula is C16H15ClINO3. The summed E-state index contributed by atoms with van der Waals surface area (Å²) >= 11 is 8.04. The van der Waals surface area contributed by atoms with Crippen molar-refractivity contribution in [2.45, 2.75) is 13.5 Å². The zero-order valence-corrected chi connectivity index (χ0v) is 14.8. The van der Waals surface area contributed by atoms with Crippen molar-refractivity contribution in [3.05, 3.63) is 56.1 Å². The average molecular weight is 432 g/mol. The molecule has 4 nitrogen and oxygen atoms in total. The predicted molar refractivity (Wildman–Crippen MR) is 95.5 cm³/mol. The first-order valence-corrected chi connectivity index (χ1v) is 8.10. The first kappa shape index (κ1) is 16.9. The summed E-state index contributed by atoms with van der Waals surface area (Å²) in [5.41, 5.74) is 1.76. The van der Waals surface area contributed by atoms with Gasteiger partial charge in [-0.15, -0.1) is 0 Å². The third kappa shape index (κ3) is 4.51. The maximum Gasteiger partial charge on any atom is 0.175 e. The molecule has 2 rings (SSSR count). The van der Waals surface area contributed by atoms with E-state index in [9.17, 15) is 0 Å². The number of hydrogen-bond acceptors (Lipinski definition) is 4. The van der Waals surface area contributed by atoms with Crippen molar-refractivity contribution >= 4 is 40.4 Å². The second-order valence-corrected chi connectivity index (χ2v) is 6.02. The first-order valence-electron chi connectivity index (χ1n) is 6.65. The lowest BCUT2D eigenvalue weighted by Crippen LogP contribution is -2.02. The van der Waals surface area contributed by atoms with Crippen LogP contribution in [0.2, 0.25) is 5.02 Å². The zero-order chi connectivity index (χ0) is 15.9. The summed E-state index contributed by atoms with van der Waals surface area (Å²) in [7, 11) is 0. The van der Waals surface area contributed by atoms with Gasteiger partial charge in [0, 0.05) is 10.6 Å². The van der Waals surface area contributed by atoms with Gasteiger partial charge in [0.05, 0.1) is 16.4 Å². The Bertz CT molecular complexity index is 659. The Morgan fingerprint density at radius 1 is 1.23 bits per heavy atom. The van der Waals surface area contributed by atoms with Crippen LogP contribution in [0.5, 0.6) is 11.5 Å². The number of ether oxygens (including phenoxy) is 2. The molecular weight excluding hydrogens is 417 g/mol. The molecule has 0 radical (unpaired) electrons. The van der Waals surface area contributed by atoms with Crippen LogP contribution in [0.25, 0.3) is 0 Å². The van der Waals surface area contributed by atoms with E-state index in [0.717, 1.165) is 14.7 Å². The molecule has 0 amide bonds. The summed E-state index contributed by atoms with van der Waals surface area (Å²) in [4.78, 5) is 0. The van der Waals surface area contributed by atoms with E-state index in [1.807, 2.05) is 37.3 Å². The quantitative estimate of drug-likeness (QED) is 0.311. The van der Waals surface area contributed by atoms with Crippen molar-refractivity contribution < 1.29 is 14.7 Å². The minimum atomic E-state index is 0.417. The molecule has 0 saturated carbocycles. The fourth-order valence-electron chi connectivity index (χ4n) is 1.87. The van der Waals surface area contributed by atoms with E-state index in [4.69, 9.17) is 26.3 Å². The van der Waals surface area contributed by atoms with Crippen LogP contribution in [0.1, 0.15) is 18.1 Å². The van der Waals surface area contributed by atoms with E-state index in [0.29, 0.717) is 29.7 Å². The Morgan fingerprint density at radius 2 is 1.95 bits per heavy atom. The highest BCUT2D eigenvalue weighted by Gasteiger charge is 2.12. The molecule has 0 atom stereocenters. The molecule has 0 heterocycles. The topological polar surface area (TPSA) is 51.0 Å². The molecule has 0 saturated heterocycles. The highest BCUT2D eigenvalue weighted by Crippen LogP contribution is 2.34. The number of benzene rings is 2. The van der Waals surface area contributed by atoms with Gasteiger partial charge in [-0.25, -0.2) is 0 Å². The summed E-state index contributed by atoms with van der Waals surface area (Å²) in [6.07, 6.45) is 1.35. The Labute approximate surface area is 147 Å². The van der Waals surface area contributed by atoms with Crippen LogP contribution < -0.4 is 9.47 Å². The minimum absolute atomic E-state index is 0.417. The van der Waals surface area contributed by atoms with Gasteiger partial charge in [-0.1, -0.05) is 28.9 Å². The summed E-state index contributed by atoms with van der Waals surface area (Å²) in [6.45, 7) is 2.84. The van der Waals surface area contributed by atoms with Crippen molar-refractivity contribution in [1.82, 2.24) is 0 Å². The molecule has 0 spiro atoms. The molecule has 6 heteroatoms. The van der Waals surface area contributed by atoms with Crippen LogP contribution in [-0.2, 0) is 6.61 Å². The van der Waals surface area contributed by atoms with Crippen LogP contribution in [0, 0.1) is 3.57 Å². The van der Waals surface area contributed by atoms with Gasteiger partial charge in [0.25, 0.3) is 0 Å². The van der Waals surface area contributed by atoms with E-state index in [1.54, 1.807) is 6.07 Å². The van der Waals surface area contributed by atoms with Crippen LogP contribution in [0.15, 0.2) is 41.6 Å². The lowest BCUT2D eigenvalue weighted by atomic mass is 10.2. The lowest BCUT2D eigenvalue weighted by Gasteiger charge is -2.14. The first-order chi connectivity index (χ1) is 10.6. The molecule has 0 fully saturated rings. The molecule has 0 aliphatic carbocycles. The molecule has 0 aliphatic rings. The molecule has 1 N–H and O–H groups in total. The van der Waals surface area contributed by atoms with Crippen LogP contribution >= 0.6 is 34.2 Å². The SMILES string of the molecule is CCOc1cc(/C=N\O)cc(I)c1OCc1ccc(Cl)cc1. The van der Waals surface area contributed by atoms with E-state index < -0.39 is 0 Å². The normalized spacial score (nSPS) is 10.9. The van der Waals surface area contributed by atoms with Crippen molar-refractivity contribution in [2.24, 2.45) is 5.16 Å². The molecule has 22 heavy (non-hydrogen) atoms. The fourth-order valence-corrected chi connectivity index (χ4v) is 2.78. The van der Waals surface area contributed by atoms with Gasteiger partial charge in [-0.2, -0.15) is 0 Å². The number of rotatable bonds is 6. The molecule has 0 unspecified atom stereocenters. The van der Waals surface area contributed by atoms with E-state index in [1.165, 1.54) is 6.21 Å². The van der Waals surface area contributed by atoms with Gasteiger partial charge in [0.15, 0.2) is 11.5 Å². The Hall–Kier alpha value is -1.47. The number of oxime groups is 1. The second kappa shape index (κ2) is 8.24. The van der Waals surface area contributed by atoms with Crippen molar-refractivity contribution in [1.29, 1.82) is 0 Å². The van der Waals surface area contributed by atoms with E-state index in [2.05, 4.69) is 27.7 Å². The maximum atomic E-state index is 8.66. The predicted octanol–water partition coefficient (Wildman–Crippen LogP) is 4.73. The van der Waals surface area contributed by atoms with E-state index >= 15 is 0 Å². The van der Waals surface area contributed by atoms with Gasteiger partial charge in [-0.05, 0) is 59.3 Å². The van der Waals surface area contributed by atoms with Crippen molar-refractivity contribution in [3.8, 4) is 11.5 Å². The van der Waals surface area contributed by atoms with Gasteiger partial charge < -0.3 is 14.7 Å². The maximum absolute atomic E-state index is 8.66. The molecule has 0 aliphatic heterocycles. The Balaban J connectivity index is 2.22. The third-order valence-electron chi connectivity index (χ3n) is 2.83. The fraction of sp³-hybridized carbons (Fsp3) is 0.188. The third-order valence-corrected chi connectivity index (χ3v) is 3.89. The summed E-state index contributed by atoms with van der Waals surface area (Å²) < 4.78 is 12.4. The van der Waals surface area contributed by atoms with Crippen molar-refractivity contribution in [2.75, 3.05) is 6.61 Å².